The third-order valence-electron chi connectivity index (χ3n) is 4.50. The second kappa shape index (κ2) is 6.74. The third-order valence-corrected chi connectivity index (χ3v) is 4.50. The fourth-order valence-electron chi connectivity index (χ4n) is 3.36. The molecule has 0 N–H and O–H groups in total. The summed E-state index contributed by atoms with van der Waals surface area (Å²) >= 11 is 0. The second-order valence-electron chi connectivity index (χ2n) is 5.88. The van der Waals surface area contributed by atoms with E-state index in [1.807, 2.05) is 11.7 Å². The van der Waals surface area contributed by atoms with Gasteiger partial charge in [0.1, 0.15) is 0 Å². The van der Waals surface area contributed by atoms with Gasteiger partial charge in [0.25, 0.3) is 0 Å². The Morgan fingerprint density at radius 2 is 2.14 bits per heavy atom. The molecular formula is C16H23N5. The number of aryl methyl sites for hydroxylation is 2. The monoisotopic (exact) mass is 285 g/mol. The van der Waals surface area contributed by atoms with Gasteiger partial charge in [-0.05, 0) is 39.7 Å². The summed E-state index contributed by atoms with van der Waals surface area (Å²) in [5.41, 5.74) is 3.64. The smallest absolute Gasteiger partial charge is 0.0669 e. The maximum Gasteiger partial charge on any atom is 0.0669 e. The minimum Gasteiger partial charge on any atom is -0.295 e. The van der Waals surface area contributed by atoms with Gasteiger partial charge in [-0.3, -0.25) is 9.58 Å². The molecule has 0 aliphatic carbocycles. The van der Waals surface area contributed by atoms with E-state index < -0.39 is 0 Å². The van der Waals surface area contributed by atoms with E-state index in [1.165, 1.54) is 11.3 Å². The van der Waals surface area contributed by atoms with Gasteiger partial charge in [0, 0.05) is 37.3 Å². The van der Waals surface area contributed by atoms with E-state index in [1.54, 1.807) is 0 Å². The van der Waals surface area contributed by atoms with E-state index in [9.17, 15) is 5.26 Å². The molecule has 0 saturated carbocycles. The van der Waals surface area contributed by atoms with Gasteiger partial charge >= 0.3 is 0 Å². The fraction of sp³-hybridized carbons (Fsp3) is 0.688. The van der Waals surface area contributed by atoms with Crippen LogP contribution < -0.4 is 0 Å². The Labute approximate surface area is 126 Å². The molecule has 0 radical (unpaired) electrons. The summed E-state index contributed by atoms with van der Waals surface area (Å²) in [5, 5.41) is 22.5. The van der Waals surface area contributed by atoms with Crippen LogP contribution in [0.3, 0.4) is 0 Å². The van der Waals surface area contributed by atoms with E-state index in [0.29, 0.717) is 18.9 Å². The first kappa shape index (κ1) is 15.5. The highest BCUT2D eigenvalue weighted by Gasteiger charge is 2.31. The third kappa shape index (κ3) is 3.25. The van der Waals surface area contributed by atoms with Gasteiger partial charge < -0.3 is 0 Å². The molecule has 2 heterocycles. The number of nitrogens with zero attached hydrogens (tertiary/aromatic N) is 5. The molecular weight excluding hydrogens is 262 g/mol. The van der Waals surface area contributed by atoms with Gasteiger partial charge in [-0.1, -0.05) is 0 Å². The fourth-order valence-corrected chi connectivity index (χ4v) is 3.36. The molecule has 0 bridgehead atoms. The lowest BCUT2D eigenvalue weighted by atomic mass is 10.00. The van der Waals surface area contributed by atoms with Crippen LogP contribution in [0.5, 0.6) is 0 Å². The number of nitriles is 2. The predicted octanol–water partition coefficient (Wildman–Crippen LogP) is 2.62. The molecule has 0 spiro atoms. The predicted molar refractivity (Wildman–Crippen MR) is 80.2 cm³/mol. The number of hydrogen-bond acceptors (Lipinski definition) is 4. The number of aromatic nitrogens is 2. The van der Waals surface area contributed by atoms with E-state index >= 15 is 0 Å². The molecule has 1 aromatic heterocycles. The van der Waals surface area contributed by atoms with Gasteiger partial charge in [-0.25, -0.2) is 0 Å². The van der Waals surface area contributed by atoms with Crippen molar-refractivity contribution < 1.29 is 0 Å². The average Bonchev–Trinajstić information content (AvgIpc) is 3.00. The zero-order valence-corrected chi connectivity index (χ0v) is 13.1. The van der Waals surface area contributed by atoms with Crippen LogP contribution in [0.15, 0.2) is 0 Å². The molecule has 112 valence electrons. The summed E-state index contributed by atoms with van der Waals surface area (Å²) in [6, 6.07) is 4.87. The highest BCUT2D eigenvalue weighted by molar-refractivity contribution is 5.29. The Bertz CT molecular complexity index is 575. The largest absolute Gasteiger partial charge is 0.295 e. The van der Waals surface area contributed by atoms with Crippen molar-refractivity contribution in [1.82, 2.24) is 14.7 Å². The summed E-state index contributed by atoms with van der Waals surface area (Å²) in [6.07, 6.45) is 3.42. The first-order valence-corrected chi connectivity index (χ1v) is 7.59. The SMILES string of the molecule is Cc1nn(C)c(C)c1[C@@H]1CCCN1C[C@@H](C#N)CCC#N. The van der Waals surface area contributed by atoms with Crippen molar-refractivity contribution in [3.8, 4) is 12.1 Å². The Hall–Kier alpha value is -1.85. The molecule has 1 aromatic rings. The molecule has 5 nitrogen and oxygen atoms in total. The molecule has 1 aliphatic rings. The Kier molecular flexibility index (Phi) is 4.98. The van der Waals surface area contributed by atoms with Crippen LogP contribution in [0.4, 0.5) is 0 Å². The molecule has 21 heavy (non-hydrogen) atoms. The van der Waals surface area contributed by atoms with E-state index in [4.69, 9.17) is 5.26 Å². The first-order valence-electron chi connectivity index (χ1n) is 7.59. The van der Waals surface area contributed by atoms with Crippen LogP contribution in [-0.2, 0) is 7.05 Å². The second-order valence-corrected chi connectivity index (χ2v) is 5.88. The molecule has 2 rings (SSSR count). The maximum atomic E-state index is 9.28. The summed E-state index contributed by atoms with van der Waals surface area (Å²) in [6.45, 7) is 5.97. The van der Waals surface area contributed by atoms with Crippen LogP contribution >= 0.6 is 0 Å². The van der Waals surface area contributed by atoms with Gasteiger partial charge in [-0.2, -0.15) is 15.6 Å². The Morgan fingerprint density at radius 3 is 2.71 bits per heavy atom. The van der Waals surface area contributed by atoms with Crippen LogP contribution in [0.2, 0.25) is 0 Å². The van der Waals surface area contributed by atoms with Crippen molar-refractivity contribution in [3.63, 3.8) is 0 Å². The van der Waals surface area contributed by atoms with Crippen molar-refractivity contribution in [2.24, 2.45) is 13.0 Å². The molecule has 0 aromatic carbocycles. The summed E-state index contributed by atoms with van der Waals surface area (Å²) in [4.78, 5) is 2.41. The first-order chi connectivity index (χ1) is 10.1. The zero-order valence-electron chi connectivity index (χ0n) is 13.1. The normalized spacial score (nSPS) is 20.1. The van der Waals surface area contributed by atoms with E-state index in [-0.39, 0.29) is 5.92 Å². The maximum absolute atomic E-state index is 9.28. The summed E-state index contributed by atoms with van der Waals surface area (Å²) < 4.78 is 1.94. The van der Waals surface area contributed by atoms with Gasteiger partial charge in [0.2, 0.25) is 0 Å². The number of hydrogen-bond donors (Lipinski definition) is 0. The van der Waals surface area contributed by atoms with Crippen LogP contribution in [0.25, 0.3) is 0 Å². The lowest BCUT2D eigenvalue weighted by Crippen LogP contribution is -2.29. The quantitative estimate of drug-likeness (QED) is 0.834. The summed E-state index contributed by atoms with van der Waals surface area (Å²) in [7, 11) is 1.98. The molecule has 1 fully saturated rings. The molecule has 0 unspecified atom stereocenters. The molecule has 0 amide bonds. The molecule has 1 saturated heterocycles. The minimum absolute atomic E-state index is 0.0532. The van der Waals surface area contributed by atoms with Gasteiger partial charge in [0.15, 0.2) is 0 Å². The highest BCUT2D eigenvalue weighted by Crippen LogP contribution is 2.36. The number of rotatable bonds is 5. The Morgan fingerprint density at radius 1 is 1.38 bits per heavy atom. The standard InChI is InChI=1S/C16H23N5/c1-12-16(13(2)20(3)19-12)15-7-5-9-21(15)11-14(10-18)6-4-8-17/h14-15H,4-7,9,11H2,1-3H3/t14-,15+/m1/s1. The van der Waals surface area contributed by atoms with Crippen LogP contribution in [-0.4, -0.2) is 27.8 Å². The topological polar surface area (TPSA) is 68.6 Å². The molecule has 5 heteroatoms. The highest BCUT2D eigenvalue weighted by atomic mass is 15.3. The van der Waals surface area contributed by atoms with Crippen molar-refractivity contribution >= 4 is 0 Å². The zero-order chi connectivity index (χ0) is 15.4. The van der Waals surface area contributed by atoms with E-state index in [2.05, 4.69) is 36.0 Å². The molecule has 1 aliphatic heterocycles. The van der Waals surface area contributed by atoms with Gasteiger partial charge in [0.05, 0.1) is 23.8 Å². The van der Waals surface area contributed by atoms with Crippen molar-refractivity contribution in [2.45, 2.75) is 45.6 Å². The van der Waals surface area contributed by atoms with Crippen molar-refractivity contribution in [1.29, 1.82) is 10.5 Å². The molecule has 2 atom stereocenters. The summed E-state index contributed by atoms with van der Waals surface area (Å²) in [5.74, 6) is -0.0532. The van der Waals surface area contributed by atoms with Gasteiger partial charge in [-0.15, -0.1) is 0 Å². The lowest BCUT2D eigenvalue weighted by Gasteiger charge is -2.26. The average molecular weight is 285 g/mol. The Balaban J connectivity index is 2.14. The van der Waals surface area contributed by atoms with Crippen LogP contribution in [0, 0.1) is 42.4 Å². The van der Waals surface area contributed by atoms with Crippen molar-refractivity contribution in [2.75, 3.05) is 13.1 Å². The van der Waals surface area contributed by atoms with Crippen LogP contribution in [0.1, 0.15) is 48.7 Å². The lowest BCUT2D eigenvalue weighted by molar-refractivity contribution is 0.229. The van der Waals surface area contributed by atoms with E-state index in [0.717, 1.165) is 31.6 Å². The van der Waals surface area contributed by atoms with Crippen molar-refractivity contribution in [3.05, 3.63) is 17.0 Å². The number of likely N-dealkylation sites (tertiary alicyclic amines) is 1. The minimum atomic E-state index is -0.0532.